The van der Waals surface area contributed by atoms with E-state index in [-0.39, 0.29) is 27.4 Å². The maximum absolute atomic E-state index is 13.8. The minimum Gasteiger partial charge on any atom is -0.341 e. The average Bonchev–Trinajstić information content (AvgIpc) is 3.06. The molecule has 3 aromatic carbocycles. The maximum Gasteiger partial charge on any atom is 0.416 e. The van der Waals surface area contributed by atoms with Crippen LogP contribution in [0.3, 0.4) is 0 Å². The number of fused-ring (bicyclic) bond motifs is 1. The van der Waals surface area contributed by atoms with Crippen LogP contribution in [-0.2, 0) is 6.18 Å². The molecule has 1 atom stereocenters. The highest BCUT2D eigenvalue weighted by molar-refractivity contribution is 6.31. The Hall–Kier alpha value is -3.39. The highest BCUT2D eigenvalue weighted by Crippen LogP contribution is 2.37. The summed E-state index contributed by atoms with van der Waals surface area (Å²) in [5.74, 6) is -1.65. The zero-order valence-electron chi connectivity index (χ0n) is 15.6. The normalized spacial score (nSPS) is 15.4. The number of hydrogen-bond acceptors (Lipinski definition) is 2. The lowest BCUT2D eigenvalue weighted by atomic mass is 9.93. The second kappa shape index (κ2) is 7.70. The molecule has 0 radical (unpaired) electrons. The van der Waals surface area contributed by atoms with Crippen molar-refractivity contribution in [3.05, 3.63) is 99.3 Å². The van der Waals surface area contributed by atoms with E-state index in [4.69, 9.17) is 11.6 Å². The van der Waals surface area contributed by atoms with Crippen molar-refractivity contribution >= 4 is 29.1 Å². The van der Waals surface area contributed by atoms with E-state index in [1.54, 1.807) is 0 Å². The molecular weight excluding hydrogens is 436 g/mol. The zero-order valence-corrected chi connectivity index (χ0v) is 16.3. The molecule has 0 saturated carbocycles. The molecule has 0 aliphatic carbocycles. The molecule has 31 heavy (non-hydrogen) atoms. The molecule has 0 bridgehead atoms. The SMILES string of the molecule is O=C(Nc1ccc(C(F)(F)F)cc1)c1cccc2c1C(c1cc(F)ccc1Cl)NC2=O. The molecule has 1 aliphatic rings. The predicted octanol–water partition coefficient (Wildman–Crippen LogP) is 5.58. The van der Waals surface area contributed by atoms with E-state index in [0.29, 0.717) is 5.56 Å². The van der Waals surface area contributed by atoms with Gasteiger partial charge < -0.3 is 10.6 Å². The van der Waals surface area contributed by atoms with Crippen molar-refractivity contribution < 1.29 is 27.2 Å². The molecular formula is C22H13ClF4N2O2. The van der Waals surface area contributed by atoms with E-state index in [2.05, 4.69) is 10.6 Å². The number of amides is 2. The minimum atomic E-state index is -4.49. The van der Waals surface area contributed by atoms with Gasteiger partial charge in [-0.1, -0.05) is 17.7 Å². The number of rotatable bonds is 3. The molecule has 0 fully saturated rings. The third-order valence-electron chi connectivity index (χ3n) is 4.90. The summed E-state index contributed by atoms with van der Waals surface area (Å²) < 4.78 is 52.0. The fourth-order valence-corrected chi connectivity index (χ4v) is 3.69. The first-order chi connectivity index (χ1) is 14.6. The first-order valence-corrected chi connectivity index (χ1v) is 9.40. The van der Waals surface area contributed by atoms with E-state index in [1.165, 1.54) is 36.4 Å². The van der Waals surface area contributed by atoms with Crippen LogP contribution in [0.4, 0.5) is 23.2 Å². The number of nitrogens with one attached hydrogen (secondary N) is 2. The van der Waals surface area contributed by atoms with Crippen molar-refractivity contribution in [1.82, 2.24) is 5.32 Å². The molecule has 1 aliphatic heterocycles. The summed E-state index contributed by atoms with van der Waals surface area (Å²) in [6.45, 7) is 0. The summed E-state index contributed by atoms with van der Waals surface area (Å²) in [7, 11) is 0. The molecule has 2 amide bonds. The van der Waals surface area contributed by atoms with Gasteiger partial charge in [-0.15, -0.1) is 0 Å². The quantitative estimate of drug-likeness (QED) is 0.514. The smallest absolute Gasteiger partial charge is 0.341 e. The average molecular weight is 449 g/mol. The second-order valence-corrected chi connectivity index (χ2v) is 7.28. The summed E-state index contributed by atoms with van der Waals surface area (Å²) in [6, 6.07) is 11.3. The van der Waals surface area contributed by atoms with Crippen LogP contribution in [0.15, 0.2) is 60.7 Å². The molecule has 0 aromatic heterocycles. The van der Waals surface area contributed by atoms with Gasteiger partial charge >= 0.3 is 6.18 Å². The fourth-order valence-electron chi connectivity index (χ4n) is 3.46. The monoisotopic (exact) mass is 448 g/mol. The largest absolute Gasteiger partial charge is 0.416 e. The first kappa shape index (κ1) is 20.9. The van der Waals surface area contributed by atoms with Crippen LogP contribution in [0.2, 0.25) is 5.02 Å². The van der Waals surface area contributed by atoms with Gasteiger partial charge in [-0.3, -0.25) is 9.59 Å². The van der Waals surface area contributed by atoms with Crippen molar-refractivity contribution in [3.63, 3.8) is 0 Å². The van der Waals surface area contributed by atoms with Gasteiger partial charge in [0.15, 0.2) is 0 Å². The second-order valence-electron chi connectivity index (χ2n) is 6.87. The molecule has 3 aromatic rings. The Kier molecular flexibility index (Phi) is 5.18. The van der Waals surface area contributed by atoms with Gasteiger partial charge in [-0.25, -0.2) is 4.39 Å². The van der Waals surface area contributed by atoms with E-state index < -0.39 is 35.4 Å². The van der Waals surface area contributed by atoms with Crippen molar-refractivity contribution in [3.8, 4) is 0 Å². The number of carbonyl (C=O) groups is 2. The summed E-state index contributed by atoms with van der Waals surface area (Å²) in [6.07, 6.45) is -4.49. The van der Waals surface area contributed by atoms with E-state index in [9.17, 15) is 27.2 Å². The van der Waals surface area contributed by atoms with Crippen LogP contribution >= 0.6 is 11.6 Å². The molecule has 0 saturated heterocycles. The summed E-state index contributed by atoms with van der Waals surface area (Å²) in [4.78, 5) is 25.3. The Morgan fingerprint density at radius 2 is 1.74 bits per heavy atom. The van der Waals surface area contributed by atoms with Crippen LogP contribution < -0.4 is 10.6 Å². The highest BCUT2D eigenvalue weighted by atomic mass is 35.5. The van der Waals surface area contributed by atoms with Crippen LogP contribution in [0.25, 0.3) is 0 Å². The van der Waals surface area contributed by atoms with E-state index in [0.717, 1.165) is 24.3 Å². The Labute approximate surface area is 178 Å². The van der Waals surface area contributed by atoms with Gasteiger partial charge in [-0.2, -0.15) is 13.2 Å². The lowest BCUT2D eigenvalue weighted by Crippen LogP contribution is -2.22. The van der Waals surface area contributed by atoms with Crippen LogP contribution in [0.5, 0.6) is 0 Å². The molecule has 0 spiro atoms. The standard InChI is InChI=1S/C22H13ClF4N2O2/c23-17-9-6-12(24)10-16(17)19-18-14(2-1-3-15(18)21(31)29-19)20(30)28-13-7-4-11(5-8-13)22(25,26)27/h1-10,19H,(H,28,30)(H,29,31). The maximum atomic E-state index is 13.8. The summed E-state index contributed by atoms with van der Waals surface area (Å²) in [5, 5.41) is 5.42. The lowest BCUT2D eigenvalue weighted by Gasteiger charge is -2.17. The van der Waals surface area contributed by atoms with Crippen LogP contribution in [0.1, 0.15) is 43.4 Å². The first-order valence-electron chi connectivity index (χ1n) is 9.02. The number of hydrogen-bond donors (Lipinski definition) is 2. The topological polar surface area (TPSA) is 58.2 Å². The van der Waals surface area contributed by atoms with Gasteiger partial charge in [0.1, 0.15) is 5.82 Å². The predicted molar refractivity (Wildman–Crippen MR) is 107 cm³/mol. The minimum absolute atomic E-state index is 0.112. The molecule has 2 N–H and O–H groups in total. The summed E-state index contributed by atoms with van der Waals surface area (Å²) >= 11 is 6.19. The molecule has 4 rings (SSSR count). The number of anilines is 1. The zero-order chi connectivity index (χ0) is 22.3. The van der Waals surface area contributed by atoms with Gasteiger partial charge in [0.05, 0.1) is 11.6 Å². The number of benzene rings is 3. The van der Waals surface area contributed by atoms with Gasteiger partial charge in [0, 0.05) is 33.0 Å². The fraction of sp³-hybridized carbons (Fsp3) is 0.0909. The van der Waals surface area contributed by atoms with Crippen LogP contribution in [0, 0.1) is 5.82 Å². The van der Waals surface area contributed by atoms with Crippen molar-refractivity contribution in [2.24, 2.45) is 0 Å². The molecule has 158 valence electrons. The Bertz CT molecular complexity index is 1190. The van der Waals surface area contributed by atoms with Crippen molar-refractivity contribution in [1.29, 1.82) is 0 Å². The summed E-state index contributed by atoms with van der Waals surface area (Å²) in [5.41, 5.74) is 0.231. The van der Waals surface area contributed by atoms with E-state index >= 15 is 0 Å². The number of halogens is 5. The van der Waals surface area contributed by atoms with Gasteiger partial charge in [0.25, 0.3) is 11.8 Å². The molecule has 9 heteroatoms. The third-order valence-corrected chi connectivity index (χ3v) is 5.24. The Morgan fingerprint density at radius 3 is 2.42 bits per heavy atom. The highest BCUT2D eigenvalue weighted by Gasteiger charge is 2.35. The van der Waals surface area contributed by atoms with Crippen LogP contribution in [-0.4, -0.2) is 11.8 Å². The van der Waals surface area contributed by atoms with Gasteiger partial charge in [0.2, 0.25) is 0 Å². The Morgan fingerprint density at radius 1 is 1.03 bits per heavy atom. The van der Waals surface area contributed by atoms with Gasteiger partial charge in [-0.05, 0) is 54.6 Å². The van der Waals surface area contributed by atoms with Crippen molar-refractivity contribution in [2.75, 3.05) is 5.32 Å². The molecule has 1 heterocycles. The van der Waals surface area contributed by atoms with Crippen molar-refractivity contribution in [2.45, 2.75) is 12.2 Å². The number of alkyl halides is 3. The van der Waals surface area contributed by atoms with E-state index in [1.807, 2.05) is 0 Å². The molecule has 4 nitrogen and oxygen atoms in total. The molecule has 1 unspecified atom stereocenters. The third kappa shape index (κ3) is 3.98. The Balaban J connectivity index is 1.70. The number of carbonyl (C=O) groups excluding carboxylic acids is 2. The lowest BCUT2D eigenvalue weighted by molar-refractivity contribution is -0.137.